The van der Waals surface area contributed by atoms with Gasteiger partial charge in [0.1, 0.15) is 5.54 Å². The number of ether oxygens (including phenoxy) is 2. The van der Waals surface area contributed by atoms with Gasteiger partial charge in [-0.3, -0.25) is 10.1 Å². The fourth-order valence-electron chi connectivity index (χ4n) is 2.58. The third-order valence-corrected chi connectivity index (χ3v) is 3.54. The van der Waals surface area contributed by atoms with Crippen LogP contribution in [0.1, 0.15) is 47.0 Å². The highest BCUT2D eigenvalue weighted by Gasteiger charge is 2.48. The van der Waals surface area contributed by atoms with Gasteiger partial charge in [0.25, 0.3) is 0 Å². The lowest BCUT2D eigenvalue weighted by atomic mass is 9.78. The third-order valence-electron chi connectivity index (χ3n) is 3.54. The summed E-state index contributed by atoms with van der Waals surface area (Å²) in [6.45, 7) is 8.83. The van der Waals surface area contributed by atoms with Crippen LogP contribution >= 0.6 is 0 Å². The molecule has 1 heterocycles. The van der Waals surface area contributed by atoms with Crippen molar-refractivity contribution in [3.8, 4) is 0 Å². The summed E-state index contributed by atoms with van der Waals surface area (Å²) in [6.07, 6.45) is 2.24. The number of carbonyl (C=O) groups is 1. The summed E-state index contributed by atoms with van der Waals surface area (Å²) in [5, 5.41) is 3.38. The number of hydrogen-bond donors (Lipinski definition) is 1. The second-order valence-electron chi connectivity index (χ2n) is 5.45. The van der Waals surface area contributed by atoms with E-state index in [0.29, 0.717) is 19.4 Å². The number of rotatable bonds is 4. The van der Waals surface area contributed by atoms with Gasteiger partial charge in [-0.25, -0.2) is 0 Å². The molecule has 0 bridgehead atoms. The molecule has 1 aliphatic heterocycles. The van der Waals surface area contributed by atoms with Gasteiger partial charge in [0, 0.05) is 19.1 Å². The van der Waals surface area contributed by atoms with Gasteiger partial charge >= 0.3 is 5.97 Å². The zero-order valence-electron chi connectivity index (χ0n) is 11.6. The maximum absolute atomic E-state index is 12.1. The molecule has 1 fully saturated rings. The van der Waals surface area contributed by atoms with Gasteiger partial charge < -0.3 is 9.47 Å². The molecular weight excluding hydrogens is 218 g/mol. The van der Waals surface area contributed by atoms with Gasteiger partial charge in [0.05, 0.1) is 12.7 Å². The lowest BCUT2D eigenvalue weighted by Crippen LogP contribution is -2.62. The first kappa shape index (κ1) is 14.5. The first-order valence-corrected chi connectivity index (χ1v) is 6.37. The van der Waals surface area contributed by atoms with Crippen LogP contribution in [0, 0.1) is 0 Å². The second-order valence-corrected chi connectivity index (χ2v) is 5.45. The van der Waals surface area contributed by atoms with E-state index in [1.54, 1.807) is 0 Å². The van der Waals surface area contributed by atoms with Crippen molar-refractivity contribution in [3.63, 3.8) is 0 Å². The Morgan fingerprint density at radius 2 is 2.18 bits per heavy atom. The molecule has 1 rings (SSSR count). The first-order valence-electron chi connectivity index (χ1n) is 6.37. The Balaban J connectivity index is 2.93. The Bertz CT molecular complexity index is 280. The van der Waals surface area contributed by atoms with E-state index in [-0.39, 0.29) is 17.6 Å². The van der Waals surface area contributed by atoms with Gasteiger partial charge in [-0.15, -0.1) is 0 Å². The van der Waals surface area contributed by atoms with E-state index < -0.39 is 5.54 Å². The normalized spacial score (nSPS) is 33.8. The monoisotopic (exact) mass is 243 g/mol. The summed E-state index contributed by atoms with van der Waals surface area (Å²) in [6, 6.07) is 0.244. The molecule has 0 aliphatic carbocycles. The van der Waals surface area contributed by atoms with Crippen LogP contribution in [0.2, 0.25) is 0 Å². The third kappa shape index (κ3) is 3.19. The van der Waals surface area contributed by atoms with E-state index in [9.17, 15) is 4.79 Å². The smallest absolute Gasteiger partial charge is 0.326 e. The van der Waals surface area contributed by atoms with Crippen LogP contribution in [0.15, 0.2) is 0 Å². The zero-order chi connectivity index (χ0) is 13.1. The van der Waals surface area contributed by atoms with E-state index in [1.165, 1.54) is 7.11 Å². The Hall–Kier alpha value is -0.610. The highest BCUT2D eigenvalue weighted by molar-refractivity contribution is 5.81. The zero-order valence-corrected chi connectivity index (χ0v) is 11.6. The van der Waals surface area contributed by atoms with Crippen LogP contribution in [-0.4, -0.2) is 36.9 Å². The Morgan fingerprint density at radius 1 is 1.53 bits per heavy atom. The van der Waals surface area contributed by atoms with E-state index in [4.69, 9.17) is 9.47 Å². The van der Waals surface area contributed by atoms with Crippen molar-refractivity contribution in [2.24, 2.45) is 0 Å². The highest BCUT2D eigenvalue weighted by atomic mass is 16.5. The largest absolute Gasteiger partial charge is 0.468 e. The average molecular weight is 243 g/mol. The molecule has 0 spiro atoms. The number of esters is 1. The molecule has 0 saturated carbocycles. The quantitative estimate of drug-likeness (QED) is 0.766. The predicted molar refractivity (Wildman–Crippen MR) is 66.9 cm³/mol. The van der Waals surface area contributed by atoms with Gasteiger partial charge in [-0.2, -0.15) is 0 Å². The minimum Gasteiger partial charge on any atom is -0.468 e. The van der Waals surface area contributed by atoms with E-state index in [2.05, 4.69) is 19.2 Å². The minimum atomic E-state index is -0.591. The number of hydrogen-bond acceptors (Lipinski definition) is 4. The summed E-state index contributed by atoms with van der Waals surface area (Å²) in [4.78, 5) is 12.1. The maximum atomic E-state index is 12.1. The van der Waals surface area contributed by atoms with E-state index in [0.717, 1.165) is 6.42 Å². The number of methoxy groups -OCH3 is 1. The molecule has 100 valence electrons. The van der Waals surface area contributed by atoms with Crippen molar-refractivity contribution in [3.05, 3.63) is 0 Å². The summed E-state index contributed by atoms with van der Waals surface area (Å²) in [5.74, 6) is -0.172. The Kier molecular flexibility index (Phi) is 4.55. The summed E-state index contributed by atoms with van der Waals surface area (Å²) < 4.78 is 10.8. The molecule has 0 aromatic heterocycles. The van der Waals surface area contributed by atoms with Crippen molar-refractivity contribution in [2.45, 2.75) is 64.1 Å². The van der Waals surface area contributed by atoms with Crippen molar-refractivity contribution >= 4 is 5.97 Å². The van der Waals surface area contributed by atoms with Crippen LogP contribution < -0.4 is 5.32 Å². The van der Waals surface area contributed by atoms with Crippen LogP contribution in [-0.2, 0) is 14.3 Å². The highest BCUT2D eigenvalue weighted by Crippen LogP contribution is 2.35. The molecule has 2 unspecified atom stereocenters. The molecule has 1 saturated heterocycles. The minimum absolute atomic E-state index is 0.172. The van der Waals surface area contributed by atoms with Gasteiger partial charge in [0.15, 0.2) is 0 Å². The topological polar surface area (TPSA) is 47.6 Å². The fraction of sp³-hybridized carbons (Fsp3) is 0.923. The number of nitrogens with one attached hydrogen (secondary N) is 1. The van der Waals surface area contributed by atoms with E-state index >= 15 is 0 Å². The molecule has 1 N–H and O–H groups in total. The van der Waals surface area contributed by atoms with Crippen LogP contribution in [0.25, 0.3) is 0 Å². The standard InChI is InChI=1S/C13H25NO3/c1-6-12(4)9-13(7-8-17-12,11(15)16-5)14-10(2)3/h10,14H,6-9H2,1-5H3. The molecule has 0 radical (unpaired) electrons. The molecular formula is C13H25NO3. The van der Waals surface area contributed by atoms with Gasteiger partial charge in [-0.05, 0) is 33.6 Å². The Morgan fingerprint density at radius 3 is 2.65 bits per heavy atom. The summed E-state index contributed by atoms with van der Waals surface area (Å²) in [7, 11) is 1.45. The number of carbonyl (C=O) groups excluding carboxylic acids is 1. The van der Waals surface area contributed by atoms with Crippen molar-refractivity contribution in [2.75, 3.05) is 13.7 Å². The molecule has 0 aromatic rings. The molecule has 0 amide bonds. The van der Waals surface area contributed by atoms with Crippen molar-refractivity contribution in [1.82, 2.24) is 5.32 Å². The van der Waals surface area contributed by atoms with Gasteiger partial charge in [0.2, 0.25) is 0 Å². The van der Waals surface area contributed by atoms with E-state index in [1.807, 2.05) is 13.8 Å². The molecule has 17 heavy (non-hydrogen) atoms. The maximum Gasteiger partial charge on any atom is 0.326 e. The fourth-order valence-corrected chi connectivity index (χ4v) is 2.58. The van der Waals surface area contributed by atoms with Crippen LogP contribution in [0.5, 0.6) is 0 Å². The molecule has 4 nitrogen and oxygen atoms in total. The van der Waals surface area contributed by atoms with Crippen LogP contribution in [0.4, 0.5) is 0 Å². The van der Waals surface area contributed by atoms with Crippen molar-refractivity contribution < 1.29 is 14.3 Å². The summed E-state index contributed by atoms with van der Waals surface area (Å²) in [5.41, 5.74) is -0.833. The lowest BCUT2D eigenvalue weighted by Gasteiger charge is -2.45. The molecule has 1 aliphatic rings. The van der Waals surface area contributed by atoms with Crippen molar-refractivity contribution in [1.29, 1.82) is 0 Å². The molecule has 4 heteroatoms. The van der Waals surface area contributed by atoms with Crippen LogP contribution in [0.3, 0.4) is 0 Å². The predicted octanol–water partition coefficient (Wildman–Crippen LogP) is 1.88. The SMILES string of the molecule is CCC1(C)CC(NC(C)C)(C(=O)OC)CCO1. The summed E-state index contributed by atoms with van der Waals surface area (Å²) >= 11 is 0. The lowest BCUT2D eigenvalue weighted by molar-refractivity contribution is -0.164. The van der Waals surface area contributed by atoms with Gasteiger partial charge in [-0.1, -0.05) is 6.92 Å². The first-order chi connectivity index (χ1) is 7.87. The second kappa shape index (κ2) is 5.36. The molecule has 2 atom stereocenters. The average Bonchev–Trinajstić information content (AvgIpc) is 2.27. The Labute approximate surface area is 104 Å². The molecule has 0 aromatic carbocycles.